The Bertz CT molecular complexity index is 782. The van der Waals surface area contributed by atoms with Gasteiger partial charge in [-0.15, -0.1) is 0 Å². The molecule has 0 spiro atoms. The first-order valence-electron chi connectivity index (χ1n) is 7.07. The number of allylic oxidation sites excluding steroid dienone is 5. The number of nitrogens with zero attached hydrogens (tertiary/aromatic N) is 1. The van der Waals surface area contributed by atoms with Gasteiger partial charge in [0.15, 0.2) is 0 Å². The van der Waals surface area contributed by atoms with Crippen LogP contribution in [0, 0.1) is 0 Å². The highest BCUT2D eigenvalue weighted by molar-refractivity contribution is 5.72. The van der Waals surface area contributed by atoms with E-state index in [4.69, 9.17) is 9.72 Å². The highest BCUT2D eigenvalue weighted by Crippen LogP contribution is 2.39. The van der Waals surface area contributed by atoms with Crippen LogP contribution in [0.4, 0.5) is 0 Å². The summed E-state index contributed by atoms with van der Waals surface area (Å²) in [5.41, 5.74) is 5.81. The van der Waals surface area contributed by atoms with Crippen LogP contribution < -0.4 is 4.74 Å². The van der Waals surface area contributed by atoms with E-state index in [1.165, 1.54) is 11.1 Å². The lowest BCUT2D eigenvalue weighted by molar-refractivity contribution is 0.415. The summed E-state index contributed by atoms with van der Waals surface area (Å²) in [4.78, 5) is 4.82. The molecule has 2 aliphatic carbocycles. The zero-order valence-electron chi connectivity index (χ0n) is 11.8. The third-order valence-electron chi connectivity index (χ3n) is 4.04. The van der Waals surface area contributed by atoms with Crippen molar-refractivity contribution in [2.75, 3.05) is 7.11 Å². The van der Waals surface area contributed by atoms with E-state index in [-0.39, 0.29) is 0 Å². The van der Waals surface area contributed by atoms with E-state index < -0.39 is 0 Å². The molecule has 1 aromatic carbocycles. The molecule has 0 radical (unpaired) electrons. The molecule has 0 saturated carbocycles. The monoisotopic (exact) mass is 273 g/mol. The van der Waals surface area contributed by atoms with Crippen molar-refractivity contribution < 1.29 is 4.74 Å². The van der Waals surface area contributed by atoms with Crippen LogP contribution in [0.3, 0.4) is 0 Å². The number of hydrogen-bond donors (Lipinski definition) is 0. The van der Waals surface area contributed by atoms with Gasteiger partial charge in [0.1, 0.15) is 5.75 Å². The largest absolute Gasteiger partial charge is 0.497 e. The summed E-state index contributed by atoms with van der Waals surface area (Å²) >= 11 is 0. The molecule has 1 unspecified atom stereocenters. The van der Waals surface area contributed by atoms with E-state index in [0.717, 1.165) is 22.7 Å². The van der Waals surface area contributed by atoms with Crippen molar-refractivity contribution >= 4 is 6.08 Å². The Kier molecular flexibility index (Phi) is 2.74. The molecule has 0 aliphatic heterocycles. The lowest BCUT2D eigenvalue weighted by Gasteiger charge is -2.12. The normalized spacial score (nSPS) is 18.1. The maximum absolute atomic E-state index is 5.20. The fraction of sp³-hybridized carbons (Fsp3) is 0.105. The number of benzene rings is 1. The van der Waals surface area contributed by atoms with Gasteiger partial charge >= 0.3 is 0 Å². The summed E-state index contributed by atoms with van der Waals surface area (Å²) in [6.45, 7) is 0. The Morgan fingerprint density at radius 3 is 2.67 bits per heavy atom. The molecule has 1 heterocycles. The zero-order chi connectivity index (χ0) is 14.2. The fourth-order valence-electron chi connectivity index (χ4n) is 2.92. The van der Waals surface area contributed by atoms with Crippen molar-refractivity contribution in [1.29, 1.82) is 0 Å². The first-order valence-corrected chi connectivity index (χ1v) is 7.07. The molecule has 2 nitrogen and oxygen atoms in total. The third kappa shape index (κ3) is 2.00. The SMILES string of the molecule is COc1ccc(-c2ccc3c(n2)C=C2C=CC=CC23)cc1. The van der Waals surface area contributed by atoms with Crippen LogP contribution >= 0.6 is 0 Å². The highest BCUT2D eigenvalue weighted by Gasteiger charge is 2.23. The van der Waals surface area contributed by atoms with Crippen LogP contribution in [-0.4, -0.2) is 12.1 Å². The molecule has 0 amide bonds. The van der Waals surface area contributed by atoms with Gasteiger partial charge in [-0.2, -0.15) is 0 Å². The van der Waals surface area contributed by atoms with Gasteiger partial charge in [-0.3, -0.25) is 0 Å². The number of hydrogen-bond acceptors (Lipinski definition) is 2. The number of methoxy groups -OCH3 is 1. The van der Waals surface area contributed by atoms with Crippen molar-refractivity contribution in [3.05, 3.63) is 77.5 Å². The summed E-state index contributed by atoms with van der Waals surface area (Å²) < 4.78 is 5.20. The summed E-state index contributed by atoms with van der Waals surface area (Å²) in [5, 5.41) is 0. The second-order valence-electron chi connectivity index (χ2n) is 5.27. The van der Waals surface area contributed by atoms with E-state index in [1.54, 1.807) is 7.11 Å². The molecule has 0 saturated heterocycles. The van der Waals surface area contributed by atoms with Crippen LogP contribution in [0.15, 0.2) is 66.3 Å². The summed E-state index contributed by atoms with van der Waals surface area (Å²) in [6.07, 6.45) is 10.8. The smallest absolute Gasteiger partial charge is 0.118 e. The van der Waals surface area contributed by atoms with E-state index in [2.05, 4.69) is 42.5 Å². The van der Waals surface area contributed by atoms with E-state index >= 15 is 0 Å². The molecule has 0 fully saturated rings. The molecule has 102 valence electrons. The van der Waals surface area contributed by atoms with E-state index in [0.29, 0.717) is 5.92 Å². The quantitative estimate of drug-likeness (QED) is 0.811. The van der Waals surface area contributed by atoms with Gasteiger partial charge in [0.25, 0.3) is 0 Å². The van der Waals surface area contributed by atoms with Gasteiger partial charge in [-0.25, -0.2) is 4.98 Å². The van der Waals surface area contributed by atoms with Gasteiger partial charge in [-0.1, -0.05) is 30.4 Å². The van der Waals surface area contributed by atoms with Gasteiger partial charge < -0.3 is 4.74 Å². The Balaban J connectivity index is 1.75. The highest BCUT2D eigenvalue weighted by atomic mass is 16.5. The molecular formula is C19H15NO. The van der Waals surface area contributed by atoms with Crippen molar-refractivity contribution in [2.24, 2.45) is 0 Å². The van der Waals surface area contributed by atoms with Crippen molar-refractivity contribution in [1.82, 2.24) is 4.98 Å². The number of rotatable bonds is 2. The van der Waals surface area contributed by atoms with Crippen LogP contribution in [0.2, 0.25) is 0 Å². The molecule has 0 N–H and O–H groups in total. The number of aromatic nitrogens is 1. The second-order valence-corrected chi connectivity index (χ2v) is 5.27. The van der Waals surface area contributed by atoms with E-state index in [9.17, 15) is 0 Å². The minimum Gasteiger partial charge on any atom is -0.497 e. The van der Waals surface area contributed by atoms with Crippen LogP contribution in [-0.2, 0) is 0 Å². The van der Waals surface area contributed by atoms with Crippen molar-refractivity contribution in [2.45, 2.75) is 5.92 Å². The predicted octanol–water partition coefficient (Wildman–Crippen LogP) is 4.36. The molecule has 1 aromatic heterocycles. The summed E-state index contributed by atoms with van der Waals surface area (Å²) in [6, 6.07) is 12.3. The average Bonchev–Trinajstić information content (AvgIpc) is 2.92. The standard InChI is InChI=1S/C19H15NO/c1-21-15-8-6-13(7-9-15)18-11-10-17-16-5-3-2-4-14(16)12-19(17)20-18/h2-12,16H,1H3. The van der Waals surface area contributed by atoms with Gasteiger partial charge in [-0.05, 0) is 47.5 Å². The lowest BCUT2D eigenvalue weighted by Crippen LogP contribution is -1.97. The Morgan fingerprint density at radius 1 is 1.00 bits per heavy atom. The second kappa shape index (κ2) is 4.74. The fourth-order valence-corrected chi connectivity index (χ4v) is 2.92. The molecule has 2 aromatic rings. The minimum atomic E-state index is 0.377. The van der Waals surface area contributed by atoms with Crippen LogP contribution in [0.25, 0.3) is 17.3 Å². The predicted molar refractivity (Wildman–Crippen MR) is 85.2 cm³/mol. The summed E-state index contributed by atoms with van der Waals surface area (Å²) in [5.74, 6) is 1.24. The Labute approximate surface area is 124 Å². The minimum absolute atomic E-state index is 0.377. The maximum atomic E-state index is 5.20. The topological polar surface area (TPSA) is 22.1 Å². The van der Waals surface area contributed by atoms with Gasteiger partial charge in [0.2, 0.25) is 0 Å². The molecule has 2 aliphatic rings. The van der Waals surface area contributed by atoms with Crippen LogP contribution in [0.1, 0.15) is 17.2 Å². The first-order chi connectivity index (χ1) is 10.3. The van der Waals surface area contributed by atoms with Gasteiger partial charge in [0.05, 0.1) is 18.5 Å². The Hall–Kier alpha value is -2.61. The molecule has 0 bridgehead atoms. The number of pyridine rings is 1. The molecule has 1 atom stereocenters. The molecular weight excluding hydrogens is 258 g/mol. The van der Waals surface area contributed by atoms with Gasteiger partial charge in [0, 0.05) is 11.5 Å². The third-order valence-corrected chi connectivity index (χ3v) is 4.04. The molecule has 4 rings (SSSR count). The van der Waals surface area contributed by atoms with Crippen molar-refractivity contribution in [3.63, 3.8) is 0 Å². The van der Waals surface area contributed by atoms with Crippen molar-refractivity contribution in [3.8, 4) is 17.0 Å². The number of fused-ring (bicyclic) bond motifs is 3. The average molecular weight is 273 g/mol. The summed E-state index contributed by atoms with van der Waals surface area (Å²) in [7, 11) is 1.68. The number of ether oxygens (including phenoxy) is 1. The maximum Gasteiger partial charge on any atom is 0.118 e. The zero-order valence-corrected chi connectivity index (χ0v) is 11.8. The molecule has 21 heavy (non-hydrogen) atoms. The molecule has 2 heteroatoms. The van der Waals surface area contributed by atoms with E-state index in [1.807, 2.05) is 24.3 Å². The lowest BCUT2D eigenvalue weighted by atomic mass is 9.93. The first kappa shape index (κ1) is 12.2. The Morgan fingerprint density at radius 2 is 1.86 bits per heavy atom. The van der Waals surface area contributed by atoms with Crippen LogP contribution in [0.5, 0.6) is 5.75 Å².